The highest BCUT2D eigenvalue weighted by molar-refractivity contribution is 4.94. The molecule has 1 N–H and O–H groups in total. The number of hydrogen-bond acceptors (Lipinski definition) is 4. The average Bonchev–Trinajstić information content (AvgIpc) is 2.33. The molecule has 0 aromatic carbocycles. The van der Waals surface area contributed by atoms with E-state index in [0.717, 1.165) is 5.69 Å². The van der Waals surface area contributed by atoms with E-state index in [-0.39, 0.29) is 6.10 Å². The molecule has 0 fully saturated rings. The summed E-state index contributed by atoms with van der Waals surface area (Å²) in [6, 6.07) is 0. The Hall–Kier alpha value is -0.940. The number of likely N-dealkylation sites (N-methyl/N-ethyl adjacent to an activating group) is 1. The van der Waals surface area contributed by atoms with Gasteiger partial charge in [-0.2, -0.15) is 0 Å². The van der Waals surface area contributed by atoms with Crippen LogP contribution in [-0.4, -0.2) is 51.7 Å². The second kappa shape index (κ2) is 4.34. The summed E-state index contributed by atoms with van der Waals surface area (Å²) in [5.74, 6) is 0. The quantitative estimate of drug-likeness (QED) is 0.671. The van der Waals surface area contributed by atoms with Crippen LogP contribution in [0, 0.1) is 0 Å². The van der Waals surface area contributed by atoms with Crippen molar-refractivity contribution in [3.63, 3.8) is 0 Å². The lowest BCUT2D eigenvalue weighted by atomic mass is 10.2. The predicted octanol–water partition coefficient (Wildman–Crippen LogP) is -0.720. The molecular formula is C8H16N4O. The molecule has 74 valence electrons. The molecule has 1 aromatic rings. The zero-order valence-corrected chi connectivity index (χ0v) is 8.30. The first-order valence-electron chi connectivity index (χ1n) is 4.26. The Morgan fingerprint density at radius 2 is 2.31 bits per heavy atom. The molecule has 5 nitrogen and oxygen atoms in total. The van der Waals surface area contributed by atoms with Gasteiger partial charge in [0, 0.05) is 26.2 Å². The highest BCUT2D eigenvalue weighted by atomic mass is 16.3. The molecule has 1 heterocycles. The van der Waals surface area contributed by atoms with Crippen LogP contribution in [0.25, 0.3) is 0 Å². The van der Waals surface area contributed by atoms with Gasteiger partial charge in [-0.3, -0.25) is 4.68 Å². The molecule has 0 aliphatic heterocycles. The van der Waals surface area contributed by atoms with E-state index in [9.17, 15) is 5.11 Å². The van der Waals surface area contributed by atoms with Gasteiger partial charge >= 0.3 is 0 Å². The first kappa shape index (κ1) is 10.1. The average molecular weight is 184 g/mol. The van der Waals surface area contributed by atoms with Crippen LogP contribution in [0.4, 0.5) is 0 Å². The number of aryl methyl sites for hydroxylation is 1. The second-order valence-electron chi connectivity index (χ2n) is 3.50. The summed E-state index contributed by atoms with van der Waals surface area (Å²) in [6.07, 6.45) is 2.01. The fraction of sp³-hybridized carbons (Fsp3) is 0.750. The van der Waals surface area contributed by atoms with Gasteiger partial charge in [-0.15, -0.1) is 5.10 Å². The number of rotatable bonds is 4. The summed E-state index contributed by atoms with van der Waals surface area (Å²) in [6.45, 7) is 0.649. The van der Waals surface area contributed by atoms with Gasteiger partial charge in [0.25, 0.3) is 0 Å². The minimum Gasteiger partial charge on any atom is -0.391 e. The molecule has 1 unspecified atom stereocenters. The summed E-state index contributed by atoms with van der Waals surface area (Å²) in [5.41, 5.74) is 0.830. The Morgan fingerprint density at radius 1 is 1.62 bits per heavy atom. The maximum atomic E-state index is 9.56. The largest absolute Gasteiger partial charge is 0.391 e. The minimum atomic E-state index is -0.369. The molecule has 0 saturated heterocycles. The van der Waals surface area contributed by atoms with E-state index in [1.807, 2.05) is 32.2 Å². The molecule has 0 spiro atoms. The van der Waals surface area contributed by atoms with Crippen LogP contribution in [-0.2, 0) is 13.5 Å². The van der Waals surface area contributed by atoms with Gasteiger partial charge < -0.3 is 10.0 Å². The van der Waals surface area contributed by atoms with Crippen LogP contribution >= 0.6 is 0 Å². The lowest BCUT2D eigenvalue weighted by Crippen LogP contribution is -2.27. The third-order valence-corrected chi connectivity index (χ3v) is 1.67. The summed E-state index contributed by atoms with van der Waals surface area (Å²) < 4.78 is 1.64. The molecule has 13 heavy (non-hydrogen) atoms. The summed E-state index contributed by atoms with van der Waals surface area (Å²) in [7, 11) is 5.68. The van der Waals surface area contributed by atoms with Gasteiger partial charge in [-0.05, 0) is 14.1 Å². The molecule has 5 heteroatoms. The Morgan fingerprint density at radius 3 is 2.77 bits per heavy atom. The smallest absolute Gasteiger partial charge is 0.0853 e. The molecule has 1 atom stereocenters. The maximum Gasteiger partial charge on any atom is 0.0853 e. The second-order valence-corrected chi connectivity index (χ2v) is 3.50. The fourth-order valence-electron chi connectivity index (χ4n) is 1.22. The monoisotopic (exact) mass is 184 g/mol. The van der Waals surface area contributed by atoms with Crippen molar-refractivity contribution in [3.8, 4) is 0 Å². The molecule has 0 radical (unpaired) electrons. The normalized spacial score (nSPS) is 13.6. The molecule has 0 aliphatic rings. The number of aliphatic hydroxyl groups excluding tert-OH is 1. The summed E-state index contributed by atoms with van der Waals surface area (Å²) in [5, 5.41) is 17.3. The number of nitrogens with zero attached hydrogens (tertiary/aromatic N) is 4. The Bertz CT molecular complexity index is 258. The van der Waals surface area contributed by atoms with Gasteiger partial charge in [-0.1, -0.05) is 5.21 Å². The fourth-order valence-corrected chi connectivity index (χ4v) is 1.22. The zero-order valence-electron chi connectivity index (χ0n) is 8.30. The molecular weight excluding hydrogens is 168 g/mol. The Kier molecular flexibility index (Phi) is 3.39. The third kappa shape index (κ3) is 3.52. The van der Waals surface area contributed by atoms with Crippen molar-refractivity contribution in [2.45, 2.75) is 12.5 Å². The molecule has 0 saturated carbocycles. The van der Waals surface area contributed by atoms with E-state index < -0.39 is 0 Å². The molecule has 0 bridgehead atoms. The molecule has 0 amide bonds. The van der Waals surface area contributed by atoms with Crippen molar-refractivity contribution in [1.29, 1.82) is 0 Å². The van der Waals surface area contributed by atoms with Crippen LogP contribution < -0.4 is 0 Å². The molecule has 1 aromatic heterocycles. The van der Waals surface area contributed by atoms with E-state index in [0.29, 0.717) is 13.0 Å². The van der Waals surface area contributed by atoms with Crippen molar-refractivity contribution in [2.75, 3.05) is 20.6 Å². The summed E-state index contributed by atoms with van der Waals surface area (Å²) in [4.78, 5) is 1.95. The van der Waals surface area contributed by atoms with E-state index in [1.54, 1.807) is 4.68 Å². The topological polar surface area (TPSA) is 54.2 Å². The highest BCUT2D eigenvalue weighted by Crippen LogP contribution is 1.98. The van der Waals surface area contributed by atoms with Crippen molar-refractivity contribution >= 4 is 0 Å². The van der Waals surface area contributed by atoms with E-state index >= 15 is 0 Å². The van der Waals surface area contributed by atoms with Gasteiger partial charge in [0.2, 0.25) is 0 Å². The predicted molar refractivity (Wildman–Crippen MR) is 49.3 cm³/mol. The van der Waals surface area contributed by atoms with Crippen LogP contribution in [0.2, 0.25) is 0 Å². The van der Waals surface area contributed by atoms with Gasteiger partial charge in [-0.25, -0.2) is 0 Å². The molecule has 0 aliphatic carbocycles. The van der Waals surface area contributed by atoms with Crippen LogP contribution in [0.3, 0.4) is 0 Å². The van der Waals surface area contributed by atoms with E-state index in [2.05, 4.69) is 10.3 Å². The standard InChI is InChI=1S/C8H16N4O/c1-11(2)6-8(13)4-7-5-12(3)10-9-7/h5,8,13H,4,6H2,1-3H3. The minimum absolute atomic E-state index is 0.369. The van der Waals surface area contributed by atoms with Crippen molar-refractivity contribution < 1.29 is 5.11 Å². The number of hydrogen-bond donors (Lipinski definition) is 1. The first-order valence-corrected chi connectivity index (χ1v) is 4.26. The van der Waals surface area contributed by atoms with Crippen molar-refractivity contribution in [1.82, 2.24) is 19.9 Å². The van der Waals surface area contributed by atoms with Crippen LogP contribution in [0.1, 0.15) is 5.69 Å². The molecule has 1 rings (SSSR count). The zero-order chi connectivity index (χ0) is 9.84. The van der Waals surface area contributed by atoms with E-state index in [1.165, 1.54) is 0 Å². The van der Waals surface area contributed by atoms with E-state index in [4.69, 9.17) is 0 Å². The number of aromatic nitrogens is 3. The Balaban J connectivity index is 2.40. The van der Waals surface area contributed by atoms with Crippen molar-refractivity contribution in [2.24, 2.45) is 7.05 Å². The van der Waals surface area contributed by atoms with Crippen LogP contribution in [0.5, 0.6) is 0 Å². The lowest BCUT2D eigenvalue weighted by molar-refractivity contribution is 0.136. The maximum absolute atomic E-state index is 9.56. The van der Waals surface area contributed by atoms with Gasteiger partial charge in [0.05, 0.1) is 11.8 Å². The lowest BCUT2D eigenvalue weighted by Gasteiger charge is -2.14. The van der Waals surface area contributed by atoms with Gasteiger partial charge in [0.15, 0.2) is 0 Å². The summed E-state index contributed by atoms with van der Waals surface area (Å²) >= 11 is 0. The third-order valence-electron chi connectivity index (χ3n) is 1.67. The van der Waals surface area contributed by atoms with Gasteiger partial charge in [0.1, 0.15) is 0 Å². The van der Waals surface area contributed by atoms with Crippen LogP contribution in [0.15, 0.2) is 6.20 Å². The number of aliphatic hydroxyl groups is 1. The SMILES string of the molecule is CN(C)CC(O)Cc1cn(C)nn1. The Labute approximate surface area is 78.0 Å². The van der Waals surface area contributed by atoms with Crippen molar-refractivity contribution in [3.05, 3.63) is 11.9 Å². The first-order chi connectivity index (χ1) is 6.08. The highest BCUT2D eigenvalue weighted by Gasteiger charge is 2.08.